The number of nitrogens with one attached hydrogen (secondary N) is 2. The molecule has 1 aromatic rings. The van der Waals surface area contributed by atoms with Crippen molar-refractivity contribution in [3.63, 3.8) is 0 Å². The Labute approximate surface area is 106 Å². The van der Waals surface area contributed by atoms with Crippen LogP contribution in [-0.4, -0.2) is 48.2 Å². The fourth-order valence-electron chi connectivity index (χ4n) is 1.22. The quantitative estimate of drug-likeness (QED) is 0.438. The molecular formula is C10H19N5OS. The summed E-state index contributed by atoms with van der Waals surface area (Å²) in [6.07, 6.45) is 2.78. The standard InChI is InChI=1S/C10H19N5OS/c1-8-14-9(16-15-8)4-5-12-10(11-2)13-6-7-17-3/h4-7H2,1-3H3,(H2,11,12,13). The molecule has 6 nitrogen and oxygen atoms in total. The van der Waals surface area contributed by atoms with Crippen molar-refractivity contribution in [1.82, 2.24) is 20.8 Å². The summed E-state index contributed by atoms with van der Waals surface area (Å²) in [7, 11) is 1.76. The Bertz CT molecular complexity index is 352. The molecule has 0 spiro atoms. The molecule has 0 aromatic carbocycles. The van der Waals surface area contributed by atoms with E-state index < -0.39 is 0 Å². The highest BCUT2D eigenvalue weighted by Gasteiger charge is 2.02. The van der Waals surface area contributed by atoms with Gasteiger partial charge in [0.2, 0.25) is 5.89 Å². The van der Waals surface area contributed by atoms with E-state index >= 15 is 0 Å². The molecule has 0 unspecified atom stereocenters. The third-order valence-corrected chi connectivity index (χ3v) is 2.64. The third-order valence-electron chi connectivity index (χ3n) is 2.02. The van der Waals surface area contributed by atoms with Crippen LogP contribution < -0.4 is 10.6 Å². The topological polar surface area (TPSA) is 75.3 Å². The Balaban J connectivity index is 2.19. The van der Waals surface area contributed by atoms with E-state index in [1.165, 1.54) is 0 Å². The average Bonchev–Trinajstić information content (AvgIpc) is 2.73. The Morgan fingerprint density at radius 3 is 2.76 bits per heavy atom. The molecule has 7 heteroatoms. The molecule has 0 radical (unpaired) electrons. The van der Waals surface area contributed by atoms with Gasteiger partial charge in [-0.3, -0.25) is 4.99 Å². The van der Waals surface area contributed by atoms with Crippen LogP contribution in [0.2, 0.25) is 0 Å². The fourth-order valence-corrected chi connectivity index (χ4v) is 1.53. The largest absolute Gasteiger partial charge is 0.356 e. The van der Waals surface area contributed by atoms with Crippen molar-refractivity contribution >= 4 is 17.7 Å². The zero-order valence-electron chi connectivity index (χ0n) is 10.5. The van der Waals surface area contributed by atoms with Crippen LogP contribution in [0.1, 0.15) is 11.7 Å². The van der Waals surface area contributed by atoms with Gasteiger partial charge in [0, 0.05) is 32.3 Å². The van der Waals surface area contributed by atoms with Gasteiger partial charge < -0.3 is 15.2 Å². The van der Waals surface area contributed by atoms with Crippen molar-refractivity contribution in [3.8, 4) is 0 Å². The van der Waals surface area contributed by atoms with Crippen LogP contribution in [0.25, 0.3) is 0 Å². The lowest BCUT2D eigenvalue weighted by molar-refractivity contribution is 0.374. The van der Waals surface area contributed by atoms with Crippen LogP contribution in [-0.2, 0) is 6.42 Å². The van der Waals surface area contributed by atoms with Gasteiger partial charge in [-0.15, -0.1) is 0 Å². The molecule has 96 valence electrons. The molecule has 1 aromatic heterocycles. The second kappa shape index (κ2) is 7.94. The molecule has 0 aliphatic carbocycles. The summed E-state index contributed by atoms with van der Waals surface area (Å²) < 4.78 is 5.01. The number of thioether (sulfide) groups is 1. The van der Waals surface area contributed by atoms with Crippen molar-refractivity contribution in [3.05, 3.63) is 11.7 Å². The summed E-state index contributed by atoms with van der Waals surface area (Å²) in [6, 6.07) is 0. The van der Waals surface area contributed by atoms with E-state index in [4.69, 9.17) is 4.52 Å². The Kier molecular flexibility index (Phi) is 6.46. The molecule has 0 saturated heterocycles. The minimum Gasteiger partial charge on any atom is -0.356 e. The van der Waals surface area contributed by atoms with Crippen LogP contribution in [0, 0.1) is 6.92 Å². The predicted octanol–water partition coefficient (Wildman–Crippen LogP) is 0.449. The summed E-state index contributed by atoms with van der Waals surface area (Å²) in [4.78, 5) is 8.24. The van der Waals surface area contributed by atoms with Crippen LogP contribution in [0.5, 0.6) is 0 Å². The normalized spacial score (nSPS) is 11.6. The molecule has 0 atom stereocenters. The Morgan fingerprint density at radius 2 is 2.18 bits per heavy atom. The van der Waals surface area contributed by atoms with E-state index in [-0.39, 0.29) is 0 Å². The molecule has 2 N–H and O–H groups in total. The highest BCUT2D eigenvalue weighted by atomic mass is 32.2. The van der Waals surface area contributed by atoms with E-state index in [1.54, 1.807) is 18.8 Å². The minimum atomic E-state index is 0.648. The Hall–Kier alpha value is -1.24. The molecule has 1 heterocycles. The zero-order chi connectivity index (χ0) is 12.5. The van der Waals surface area contributed by atoms with Gasteiger partial charge in [0.25, 0.3) is 0 Å². The van der Waals surface area contributed by atoms with Crippen molar-refractivity contribution in [2.45, 2.75) is 13.3 Å². The van der Waals surface area contributed by atoms with E-state index in [9.17, 15) is 0 Å². The first-order valence-corrected chi connectivity index (χ1v) is 6.88. The van der Waals surface area contributed by atoms with Gasteiger partial charge in [-0.2, -0.15) is 16.7 Å². The molecule has 0 saturated carbocycles. The third kappa shape index (κ3) is 5.58. The molecule has 17 heavy (non-hydrogen) atoms. The summed E-state index contributed by atoms with van der Waals surface area (Å²) in [6.45, 7) is 3.43. The summed E-state index contributed by atoms with van der Waals surface area (Å²) in [5.41, 5.74) is 0. The van der Waals surface area contributed by atoms with Gasteiger partial charge in [0.05, 0.1) is 0 Å². The molecule has 0 amide bonds. The van der Waals surface area contributed by atoms with Crippen molar-refractivity contribution in [2.24, 2.45) is 4.99 Å². The zero-order valence-corrected chi connectivity index (χ0v) is 11.3. The van der Waals surface area contributed by atoms with E-state index in [1.807, 2.05) is 6.92 Å². The molecule has 0 bridgehead atoms. The summed E-state index contributed by atoms with van der Waals surface area (Å²) >= 11 is 1.80. The van der Waals surface area contributed by atoms with E-state index in [2.05, 4.69) is 32.0 Å². The number of nitrogens with zero attached hydrogens (tertiary/aromatic N) is 3. The van der Waals surface area contributed by atoms with Crippen LogP contribution in [0.15, 0.2) is 9.52 Å². The second-order valence-electron chi connectivity index (χ2n) is 3.40. The first-order valence-electron chi connectivity index (χ1n) is 5.49. The monoisotopic (exact) mass is 257 g/mol. The lowest BCUT2D eigenvalue weighted by Crippen LogP contribution is -2.39. The van der Waals surface area contributed by atoms with Crippen molar-refractivity contribution in [1.29, 1.82) is 0 Å². The highest BCUT2D eigenvalue weighted by molar-refractivity contribution is 7.98. The maximum atomic E-state index is 5.01. The predicted molar refractivity (Wildman–Crippen MR) is 70.5 cm³/mol. The minimum absolute atomic E-state index is 0.648. The maximum absolute atomic E-state index is 5.01. The van der Waals surface area contributed by atoms with Gasteiger partial charge in [0.15, 0.2) is 11.8 Å². The smallest absolute Gasteiger partial charge is 0.228 e. The lowest BCUT2D eigenvalue weighted by atomic mass is 10.4. The SMILES string of the molecule is CN=C(NCCSC)NCCc1nc(C)no1. The molecular weight excluding hydrogens is 238 g/mol. The van der Waals surface area contributed by atoms with Crippen molar-refractivity contribution in [2.75, 3.05) is 32.1 Å². The number of aliphatic imine (C=N–C) groups is 1. The van der Waals surface area contributed by atoms with Crippen LogP contribution in [0.3, 0.4) is 0 Å². The summed E-state index contributed by atoms with van der Waals surface area (Å²) in [5.74, 6) is 3.18. The molecule has 1 rings (SSSR count). The van der Waals surface area contributed by atoms with Gasteiger partial charge >= 0.3 is 0 Å². The lowest BCUT2D eigenvalue weighted by Gasteiger charge is -2.10. The van der Waals surface area contributed by atoms with Gasteiger partial charge in [-0.05, 0) is 13.2 Å². The van der Waals surface area contributed by atoms with Gasteiger partial charge in [-0.1, -0.05) is 5.16 Å². The molecule has 0 aliphatic heterocycles. The van der Waals surface area contributed by atoms with Crippen LogP contribution in [0.4, 0.5) is 0 Å². The van der Waals surface area contributed by atoms with Gasteiger partial charge in [-0.25, -0.2) is 0 Å². The number of hydrogen-bond donors (Lipinski definition) is 2. The number of rotatable bonds is 6. The van der Waals surface area contributed by atoms with Crippen molar-refractivity contribution < 1.29 is 4.52 Å². The van der Waals surface area contributed by atoms with E-state index in [0.717, 1.165) is 24.8 Å². The second-order valence-corrected chi connectivity index (χ2v) is 4.39. The van der Waals surface area contributed by atoms with Crippen LogP contribution >= 0.6 is 11.8 Å². The fraction of sp³-hybridized carbons (Fsp3) is 0.700. The maximum Gasteiger partial charge on any atom is 0.228 e. The first-order chi connectivity index (χ1) is 8.26. The Morgan fingerprint density at radius 1 is 1.41 bits per heavy atom. The molecule has 0 fully saturated rings. The number of hydrogen-bond acceptors (Lipinski definition) is 5. The summed E-state index contributed by atoms with van der Waals surface area (Å²) in [5, 5.41) is 10.1. The van der Waals surface area contributed by atoms with Gasteiger partial charge in [0.1, 0.15) is 0 Å². The first kappa shape index (κ1) is 13.8. The number of aryl methyl sites for hydroxylation is 1. The number of aromatic nitrogens is 2. The average molecular weight is 257 g/mol. The highest BCUT2D eigenvalue weighted by Crippen LogP contribution is 1.95. The van der Waals surface area contributed by atoms with E-state index in [0.29, 0.717) is 18.1 Å². The number of guanidine groups is 1. The molecule has 0 aliphatic rings.